The highest BCUT2D eigenvalue weighted by Crippen LogP contribution is 2.21. The van der Waals surface area contributed by atoms with Crippen LogP contribution in [-0.4, -0.2) is 12.2 Å². The second-order valence-corrected chi connectivity index (χ2v) is 3.56. The number of aliphatic hydroxyl groups is 1. The minimum Gasteiger partial charge on any atom is -0.497 e. The molecule has 3 heteroatoms. The Kier molecular flexibility index (Phi) is 3.62. The van der Waals surface area contributed by atoms with Crippen LogP contribution in [-0.2, 0) is 0 Å². The van der Waals surface area contributed by atoms with E-state index >= 15 is 0 Å². The lowest BCUT2D eigenvalue weighted by molar-refractivity contribution is -0.0194. The highest BCUT2D eigenvalue weighted by molar-refractivity contribution is 5.29. The van der Waals surface area contributed by atoms with E-state index in [0.717, 1.165) is 5.75 Å². The van der Waals surface area contributed by atoms with Crippen LogP contribution in [0.1, 0.15) is 11.9 Å². The van der Waals surface area contributed by atoms with Crippen molar-refractivity contribution in [1.82, 2.24) is 0 Å². The third-order valence-corrected chi connectivity index (χ3v) is 2.39. The third kappa shape index (κ3) is 2.98. The number of benzene rings is 2. The summed E-state index contributed by atoms with van der Waals surface area (Å²) in [5.74, 6) is 1.39. The summed E-state index contributed by atoms with van der Waals surface area (Å²) >= 11 is 0. The van der Waals surface area contributed by atoms with E-state index in [9.17, 15) is 5.11 Å². The van der Waals surface area contributed by atoms with Crippen LogP contribution in [0.3, 0.4) is 0 Å². The summed E-state index contributed by atoms with van der Waals surface area (Å²) in [6.45, 7) is 0. The Labute approximate surface area is 100 Å². The molecule has 0 saturated carbocycles. The number of methoxy groups -OCH3 is 1. The summed E-state index contributed by atoms with van der Waals surface area (Å²) in [7, 11) is 1.60. The second-order valence-electron chi connectivity index (χ2n) is 3.56. The van der Waals surface area contributed by atoms with E-state index in [0.29, 0.717) is 11.3 Å². The van der Waals surface area contributed by atoms with Crippen molar-refractivity contribution in [3.05, 3.63) is 60.2 Å². The van der Waals surface area contributed by atoms with E-state index in [1.807, 2.05) is 18.2 Å². The van der Waals surface area contributed by atoms with Crippen LogP contribution in [0, 0.1) is 0 Å². The van der Waals surface area contributed by atoms with Crippen LogP contribution >= 0.6 is 0 Å². The number of hydrogen-bond acceptors (Lipinski definition) is 3. The molecular weight excluding hydrogens is 216 g/mol. The average Bonchev–Trinajstić information content (AvgIpc) is 2.40. The summed E-state index contributed by atoms with van der Waals surface area (Å²) in [6, 6.07) is 16.3. The Morgan fingerprint density at radius 2 is 1.53 bits per heavy atom. The van der Waals surface area contributed by atoms with Gasteiger partial charge in [0.05, 0.1) is 7.11 Å². The molecule has 2 aromatic rings. The molecular formula is C14H14O3. The van der Waals surface area contributed by atoms with Crippen molar-refractivity contribution in [1.29, 1.82) is 0 Å². The van der Waals surface area contributed by atoms with Gasteiger partial charge in [0.2, 0.25) is 6.29 Å². The van der Waals surface area contributed by atoms with Gasteiger partial charge in [0, 0.05) is 5.56 Å². The van der Waals surface area contributed by atoms with E-state index in [2.05, 4.69) is 0 Å². The Balaban J connectivity index is 2.06. The van der Waals surface area contributed by atoms with Gasteiger partial charge in [-0.2, -0.15) is 0 Å². The van der Waals surface area contributed by atoms with Gasteiger partial charge in [0.25, 0.3) is 0 Å². The van der Waals surface area contributed by atoms with Gasteiger partial charge < -0.3 is 14.6 Å². The molecule has 88 valence electrons. The van der Waals surface area contributed by atoms with Gasteiger partial charge in [-0.25, -0.2) is 0 Å². The highest BCUT2D eigenvalue weighted by Gasteiger charge is 2.08. The predicted octanol–water partition coefficient (Wildman–Crippen LogP) is 2.77. The zero-order valence-corrected chi connectivity index (χ0v) is 9.54. The molecule has 0 aliphatic rings. The maximum atomic E-state index is 9.87. The molecule has 17 heavy (non-hydrogen) atoms. The van der Waals surface area contributed by atoms with E-state index in [-0.39, 0.29) is 0 Å². The maximum absolute atomic E-state index is 9.87. The van der Waals surface area contributed by atoms with Crippen LogP contribution < -0.4 is 9.47 Å². The fourth-order valence-electron chi connectivity index (χ4n) is 1.46. The van der Waals surface area contributed by atoms with Crippen molar-refractivity contribution >= 4 is 0 Å². The molecule has 0 amide bonds. The van der Waals surface area contributed by atoms with Crippen molar-refractivity contribution in [2.24, 2.45) is 0 Å². The van der Waals surface area contributed by atoms with Crippen molar-refractivity contribution < 1.29 is 14.6 Å². The summed E-state index contributed by atoms with van der Waals surface area (Å²) < 4.78 is 10.4. The van der Waals surface area contributed by atoms with Gasteiger partial charge in [-0.3, -0.25) is 0 Å². The molecule has 1 unspecified atom stereocenters. The molecule has 1 atom stereocenters. The molecule has 0 bridgehead atoms. The molecule has 0 fully saturated rings. The highest BCUT2D eigenvalue weighted by atomic mass is 16.6. The van der Waals surface area contributed by atoms with Crippen molar-refractivity contribution in [3.63, 3.8) is 0 Å². The zero-order valence-electron chi connectivity index (χ0n) is 9.54. The van der Waals surface area contributed by atoms with Crippen LogP contribution in [0.15, 0.2) is 54.6 Å². The lowest BCUT2D eigenvalue weighted by Crippen LogP contribution is -2.06. The van der Waals surface area contributed by atoms with Gasteiger partial charge in [0.1, 0.15) is 11.5 Å². The molecule has 0 aromatic heterocycles. The standard InChI is InChI=1S/C14H14O3/c1-16-12-9-7-11(8-10-12)14(15)17-13-5-3-2-4-6-13/h2-10,14-15H,1H3. The van der Waals surface area contributed by atoms with Gasteiger partial charge in [0.15, 0.2) is 0 Å². The molecule has 0 radical (unpaired) electrons. The maximum Gasteiger partial charge on any atom is 0.224 e. The van der Waals surface area contributed by atoms with Gasteiger partial charge in [-0.15, -0.1) is 0 Å². The van der Waals surface area contributed by atoms with Crippen molar-refractivity contribution in [3.8, 4) is 11.5 Å². The quantitative estimate of drug-likeness (QED) is 0.821. The van der Waals surface area contributed by atoms with Crippen LogP contribution in [0.25, 0.3) is 0 Å². The molecule has 0 spiro atoms. The fourth-order valence-corrected chi connectivity index (χ4v) is 1.46. The first-order valence-corrected chi connectivity index (χ1v) is 5.33. The Bertz CT molecular complexity index is 451. The van der Waals surface area contributed by atoms with E-state index in [1.165, 1.54) is 0 Å². The Morgan fingerprint density at radius 1 is 0.882 bits per heavy atom. The van der Waals surface area contributed by atoms with E-state index in [4.69, 9.17) is 9.47 Å². The molecule has 0 aliphatic carbocycles. The second kappa shape index (κ2) is 5.37. The number of aliphatic hydroxyl groups excluding tert-OH is 1. The summed E-state index contributed by atoms with van der Waals surface area (Å²) in [6.07, 6.45) is -0.969. The number of rotatable bonds is 4. The summed E-state index contributed by atoms with van der Waals surface area (Å²) in [4.78, 5) is 0. The first-order chi connectivity index (χ1) is 8.29. The first kappa shape index (κ1) is 11.5. The number of para-hydroxylation sites is 1. The Hall–Kier alpha value is -2.00. The largest absolute Gasteiger partial charge is 0.497 e. The van der Waals surface area contributed by atoms with Gasteiger partial charge in [-0.05, 0) is 36.4 Å². The number of ether oxygens (including phenoxy) is 2. The lowest BCUT2D eigenvalue weighted by Gasteiger charge is -2.13. The number of hydrogen-bond donors (Lipinski definition) is 1. The predicted molar refractivity (Wildman–Crippen MR) is 65.0 cm³/mol. The molecule has 0 heterocycles. The minimum absolute atomic E-state index is 0.635. The lowest BCUT2D eigenvalue weighted by atomic mass is 10.2. The molecule has 1 N–H and O–H groups in total. The average molecular weight is 230 g/mol. The third-order valence-electron chi connectivity index (χ3n) is 2.39. The SMILES string of the molecule is COc1ccc(C(O)Oc2ccccc2)cc1. The molecule has 0 saturated heterocycles. The normalized spacial score (nSPS) is 11.9. The van der Waals surface area contributed by atoms with Gasteiger partial charge >= 0.3 is 0 Å². The monoisotopic (exact) mass is 230 g/mol. The first-order valence-electron chi connectivity index (χ1n) is 5.33. The molecule has 2 rings (SSSR count). The van der Waals surface area contributed by atoms with Gasteiger partial charge in [-0.1, -0.05) is 18.2 Å². The smallest absolute Gasteiger partial charge is 0.224 e. The van der Waals surface area contributed by atoms with Crippen LogP contribution in [0.5, 0.6) is 11.5 Å². The Morgan fingerprint density at radius 3 is 2.12 bits per heavy atom. The topological polar surface area (TPSA) is 38.7 Å². The van der Waals surface area contributed by atoms with E-state index in [1.54, 1.807) is 43.5 Å². The molecule has 3 nitrogen and oxygen atoms in total. The molecule has 2 aromatic carbocycles. The van der Waals surface area contributed by atoms with E-state index < -0.39 is 6.29 Å². The van der Waals surface area contributed by atoms with Crippen LogP contribution in [0.4, 0.5) is 0 Å². The summed E-state index contributed by atoms with van der Waals surface area (Å²) in [5.41, 5.74) is 0.689. The fraction of sp³-hybridized carbons (Fsp3) is 0.143. The van der Waals surface area contributed by atoms with Crippen molar-refractivity contribution in [2.45, 2.75) is 6.29 Å². The summed E-state index contributed by atoms with van der Waals surface area (Å²) in [5, 5.41) is 9.87. The molecule has 0 aliphatic heterocycles. The van der Waals surface area contributed by atoms with Crippen LogP contribution in [0.2, 0.25) is 0 Å². The van der Waals surface area contributed by atoms with Crippen molar-refractivity contribution in [2.75, 3.05) is 7.11 Å². The minimum atomic E-state index is -0.969. The zero-order chi connectivity index (χ0) is 12.1.